The van der Waals surface area contributed by atoms with Crippen LogP contribution in [0.25, 0.3) is 0 Å². The third-order valence-electron chi connectivity index (χ3n) is 16.7. The molecule has 12 atom stereocenters. The van der Waals surface area contributed by atoms with Crippen molar-refractivity contribution in [3.63, 3.8) is 0 Å². The van der Waals surface area contributed by atoms with Crippen LogP contribution in [0.2, 0.25) is 0 Å². The molecule has 0 aromatic rings. The maximum Gasteiger partial charge on any atom is 0.246 e. The maximum atomic E-state index is 15.3. The Balaban J connectivity index is 4.36. The van der Waals surface area contributed by atoms with Crippen LogP contribution in [0.3, 0.4) is 0 Å². The molecule has 0 bridgehead atoms. The zero-order chi connectivity index (χ0) is 69.2. The van der Waals surface area contributed by atoms with E-state index in [9.17, 15) is 43.5 Å². The summed E-state index contributed by atoms with van der Waals surface area (Å²) in [4.78, 5) is 169. The van der Waals surface area contributed by atoms with Crippen molar-refractivity contribution >= 4 is 65.0 Å². The topological polar surface area (TPSA) is 279 Å². The lowest BCUT2D eigenvalue weighted by Gasteiger charge is -2.41. The largest absolute Gasteiger partial charge is 0.390 e. The predicted molar refractivity (Wildman–Crippen MR) is 346 cm³/mol. The molecule has 0 saturated carbocycles. The van der Waals surface area contributed by atoms with E-state index >= 15 is 14.4 Å². The standard InChI is InChI=1S/C65H118N12O12/c1-27-46-61(85)70(17)36-51(78)71(18)47(32-37(2)3)58(82)69-52(41(10)11)64(88)72(19)48(33-38(4)5)57(81)66-44(15)56(80)67-45(16)60(84)73(20)49(34-39(6)7)62(86)74(21)50(35-40(8)9)63(87)75(22)53(42(12)13)65(89)76(23)54(59(83)68-46)55(79)43(14)30-28-29-31-77(24,25)26/h28-29,37-50,52-55,79H,27,30-36H2,1-26H3,(H3-,66,67,68,69,80,81,82,83)/p+1/b29-28+/t43-,44+,45-,46+,47+,48+,49+,50+,52+,53+,54+,55-/m1/s1. The van der Waals surface area contributed by atoms with Gasteiger partial charge in [-0.2, -0.15) is 0 Å². The summed E-state index contributed by atoms with van der Waals surface area (Å²) < 4.78 is 0.632. The van der Waals surface area contributed by atoms with Gasteiger partial charge in [0.1, 0.15) is 60.4 Å². The van der Waals surface area contributed by atoms with Crippen molar-refractivity contribution in [3.05, 3.63) is 12.2 Å². The first-order chi connectivity index (χ1) is 40.9. The third-order valence-corrected chi connectivity index (χ3v) is 16.7. The molecular weight excluding hydrogens is 1140 g/mol. The Morgan fingerprint density at radius 1 is 0.461 bits per heavy atom. The van der Waals surface area contributed by atoms with Gasteiger partial charge in [0.2, 0.25) is 65.0 Å². The molecule has 0 aromatic carbocycles. The van der Waals surface area contributed by atoms with E-state index in [1.165, 1.54) is 87.7 Å². The molecule has 0 spiro atoms. The highest BCUT2D eigenvalue weighted by Gasteiger charge is 2.46. The second kappa shape index (κ2) is 36.0. The lowest BCUT2D eigenvalue weighted by Crippen LogP contribution is -2.63. The summed E-state index contributed by atoms with van der Waals surface area (Å²) in [6, 6.07) is -12.4. The number of hydrogen-bond acceptors (Lipinski definition) is 12. The van der Waals surface area contributed by atoms with Gasteiger partial charge < -0.3 is 65.2 Å². The summed E-state index contributed by atoms with van der Waals surface area (Å²) in [5, 5.41) is 23.3. The Morgan fingerprint density at radius 3 is 1.33 bits per heavy atom. The van der Waals surface area contributed by atoms with Crippen LogP contribution in [-0.2, 0) is 52.7 Å². The molecule has 0 aliphatic carbocycles. The highest BCUT2D eigenvalue weighted by molar-refractivity contribution is 5.99. The van der Waals surface area contributed by atoms with Crippen molar-refractivity contribution in [2.75, 3.05) is 83.6 Å². The van der Waals surface area contributed by atoms with Gasteiger partial charge in [-0.3, -0.25) is 52.7 Å². The fourth-order valence-electron chi connectivity index (χ4n) is 11.0. The zero-order valence-corrected chi connectivity index (χ0v) is 59.2. The monoisotopic (exact) mass is 1260 g/mol. The number of aliphatic hydroxyl groups is 1. The number of amides is 11. The molecule has 0 aromatic heterocycles. The van der Waals surface area contributed by atoms with Crippen LogP contribution in [0.4, 0.5) is 0 Å². The molecule has 11 amide bonds. The lowest BCUT2D eigenvalue weighted by atomic mass is 9.91. The van der Waals surface area contributed by atoms with Crippen molar-refractivity contribution in [2.24, 2.45) is 41.4 Å². The van der Waals surface area contributed by atoms with Crippen LogP contribution in [0.15, 0.2) is 12.2 Å². The van der Waals surface area contributed by atoms with Crippen molar-refractivity contribution in [1.29, 1.82) is 0 Å². The number of likely N-dealkylation sites (N-methyl/N-ethyl adjacent to an activating group) is 8. The van der Waals surface area contributed by atoms with E-state index < -0.39 is 156 Å². The zero-order valence-electron chi connectivity index (χ0n) is 59.2. The van der Waals surface area contributed by atoms with Gasteiger partial charge >= 0.3 is 0 Å². The van der Waals surface area contributed by atoms with Gasteiger partial charge in [-0.1, -0.05) is 103 Å². The van der Waals surface area contributed by atoms with Crippen molar-refractivity contribution in [3.8, 4) is 0 Å². The van der Waals surface area contributed by atoms with Gasteiger partial charge in [0.25, 0.3) is 0 Å². The molecule has 0 radical (unpaired) electrons. The van der Waals surface area contributed by atoms with Crippen LogP contribution >= 0.6 is 0 Å². The summed E-state index contributed by atoms with van der Waals surface area (Å²) in [6.45, 7) is 28.3. The Bertz CT molecular complexity index is 2440. The van der Waals surface area contributed by atoms with Crippen LogP contribution in [-0.4, -0.2) is 259 Å². The van der Waals surface area contributed by atoms with Gasteiger partial charge in [0, 0.05) is 49.3 Å². The molecule has 24 nitrogen and oxygen atoms in total. The van der Waals surface area contributed by atoms with Crippen LogP contribution in [0.1, 0.15) is 149 Å². The number of nitrogens with zero attached hydrogens (tertiary/aromatic N) is 8. The summed E-state index contributed by atoms with van der Waals surface area (Å²) in [7, 11) is 16.0. The fraction of sp³-hybridized carbons (Fsp3) is 0.800. The molecule has 24 heteroatoms. The summed E-state index contributed by atoms with van der Waals surface area (Å²) >= 11 is 0. The first-order valence-corrected chi connectivity index (χ1v) is 32.1. The summed E-state index contributed by atoms with van der Waals surface area (Å²) in [6.07, 6.45) is 3.26. The minimum absolute atomic E-state index is 0.0181. The molecule has 1 saturated heterocycles. The Labute approximate surface area is 533 Å². The van der Waals surface area contributed by atoms with E-state index in [2.05, 4.69) is 21.3 Å². The minimum Gasteiger partial charge on any atom is -0.390 e. The number of quaternary nitrogens is 1. The number of hydrogen-bond donors (Lipinski definition) is 5. The molecule has 0 unspecified atom stereocenters. The minimum atomic E-state index is -1.63. The molecule has 1 fully saturated rings. The lowest BCUT2D eigenvalue weighted by molar-refractivity contribution is -0.864. The molecule has 1 heterocycles. The van der Waals surface area contributed by atoms with E-state index in [-0.39, 0.29) is 55.8 Å². The maximum absolute atomic E-state index is 15.3. The Morgan fingerprint density at radius 2 is 0.876 bits per heavy atom. The summed E-state index contributed by atoms with van der Waals surface area (Å²) in [5.74, 6) is -9.77. The smallest absolute Gasteiger partial charge is 0.246 e. The van der Waals surface area contributed by atoms with Gasteiger partial charge in [-0.15, -0.1) is 0 Å². The van der Waals surface area contributed by atoms with Crippen LogP contribution in [0, 0.1) is 41.4 Å². The average Bonchev–Trinajstić information content (AvgIpc) is 1.21. The average molecular weight is 1260 g/mol. The SMILES string of the molecule is CC[C@@H]1NC(=O)[C@H]([C@H](O)[C@H](C)C/C=C/C[N+](C)(C)C)N(C)C(=O)[C@H](C(C)C)N(C)C(=O)[C@H](CC(C)C)N(C)C(=O)[C@H](CC(C)C)N(C)C(=O)[C@@H](C)NC(=O)[C@H](C)NC(=O)[C@H](CC(C)C)N(C)C(=O)[C@H](C(C)C)NC(=O)[C@H](CC(C)C)N(C)C(=O)CN(C)C1=O. The van der Waals surface area contributed by atoms with Gasteiger partial charge in [-0.25, -0.2) is 0 Å². The first-order valence-electron chi connectivity index (χ1n) is 32.1. The fourth-order valence-corrected chi connectivity index (χ4v) is 11.0. The first kappa shape index (κ1) is 80.8. The number of allylic oxidation sites excluding steroid dienone is 1. The van der Waals surface area contributed by atoms with Crippen molar-refractivity contribution in [1.82, 2.24) is 55.6 Å². The summed E-state index contributed by atoms with van der Waals surface area (Å²) in [5.41, 5.74) is 0. The van der Waals surface area contributed by atoms with Crippen molar-refractivity contribution < 1.29 is 62.3 Å². The Hall–Kier alpha value is -6.17. The second-order valence-corrected chi connectivity index (χ2v) is 28.5. The van der Waals surface area contributed by atoms with Gasteiger partial charge in [0.15, 0.2) is 0 Å². The molecule has 5 N–H and O–H groups in total. The molecule has 1 aliphatic rings. The molecule has 1 aliphatic heterocycles. The van der Waals surface area contributed by atoms with Gasteiger partial charge in [0.05, 0.1) is 40.3 Å². The molecule has 89 heavy (non-hydrogen) atoms. The van der Waals surface area contributed by atoms with E-state index in [0.29, 0.717) is 17.4 Å². The van der Waals surface area contributed by atoms with E-state index in [0.717, 1.165) is 9.80 Å². The molecule has 1 rings (SSSR count). The quantitative estimate of drug-likeness (QED) is 0.104. The normalized spacial score (nSPS) is 26.4. The number of aliphatic hydroxyl groups excluding tert-OH is 1. The van der Waals surface area contributed by atoms with E-state index in [4.69, 9.17) is 0 Å². The van der Waals surface area contributed by atoms with Crippen LogP contribution < -0.4 is 21.3 Å². The second-order valence-electron chi connectivity index (χ2n) is 28.5. The van der Waals surface area contributed by atoms with E-state index in [1.807, 2.05) is 88.7 Å². The number of carbonyl (C=O) groups excluding carboxylic acids is 11. The molecular formula is C65H119N12O12+. The predicted octanol–water partition coefficient (Wildman–Crippen LogP) is 2.96. The third kappa shape index (κ3) is 23.9. The highest BCUT2D eigenvalue weighted by atomic mass is 16.3. The van der Waals surface area contributed by atoms with Gasteiger partial charge in [-0.05, 0) is 99.9 Å². The van der Waals surface area contributed by atoms with Crippen LogP contribution in [0.5, 0.6) is 0 Å². The van der Waals surface area contributed by atoms with E-state index in [1.54, 1.807) is 41.5 Å². The molecule has 510 valence electrons. The number of carbonyl (C=O) groups is 11. The Kier molecular flexibility index (Phi) is 32.7. The number of nitrogens with one attached hydrogen (secondary N) is 4. The highest BCUT2D eigenvalue weighted by Crippen LogP contribution is 2.26. The number of rotatable bonds is 17. The van der Waals surface area contributed by atoms with Crippen molar-refractivity contribution in [2.45, 2.75) is 216 Å².